The Morgan fingerprint density at radius 3 is 1.41 bits per heavy atom. The molecule has 6 aromatic carbocycles. The highest BCUT2D eigenvalue weighted by atomic mass is 32.1. The van der Waals surface area contributed by atoms with Gasteiger partial charge in [0.2, 0.25) is 0 Å². The van der Waals surface area contributed by atoms with Crippen LogP contribution in [0.5, 0.6) is 17.2 Å². The third-order valence-electron chi connectivity index (χ3n) is 12.8. The quantitative estimate of drug-likeness (QED) is 0.0591. The van der Waals surface area contributed by atoms with Gasteiger partial charge in [0.15, 0.2) is 17.8 Å². The molecule has 0 radical (unpaired) electrons. The summed E-state index contributed by atoms with van der Waals surface area (Å²) in [5, 5.41) is 4.64. The van der Waals surface area contributed by atoms with Crippen molar-refractivity contribution in [3.63, 3.8) is 0 Å². The minimum absolute atomic E-state index is 0.176. The molecule has 7 aromatic rings. The fraction of sp³-hybridized carbons (Fsp3) is 0.259. The molecule has 7 nitrogen and oxygen atoms in total. The molecule has 0 atom stereocenters. The predicted octanol–water partition coefficient (Wildman–Crippen LogP) is 11.0. The number of ether oxygens (including phenoxy) is 3. The van der Waals surface area contributed by atoms with E-state index in [0.29, 0.717) is 62.5 Å². The molecule has 0 spiro atoms. The summed E-state index contributed by atoms with van der Waals surface area (Å²) in [5.74, 6) is 1.85. The van der Waals surface area contributed by atoms with Crippen molar-refractivity contribution < 1.29 is 27.9 Å². The summed E-state index contributed by atoms with van der Waals surface area (Å²) >= 11 is 1.36. The van der Waals surface area contributed by atoms with Gasteiger partial charge < -0.3 is 28.0 Å². The van der Waals surface area contributed by atoms with Crippen molar-refractivity contribution in [2.75, 3.05) is 44.4 Å². The van der Waals surface area contributed by atoms with E-state index in [-0.39, 0.29) is 10.1 Å². The molecule has 0 fully saturated rings. The average molecular weight is 958 g/mol. The number of nitrogens with zero attached hydrogens (tertiary/aromatic N) is 1. The number of benzene rings is 6. The molecular formula is C58H63NO6SSi2. The van der Waals surface area contributed by atoms with E-state index in [1.807, 2.05) is 30.4 Å². The Kier molecular flexibility index (Phi) is 15.3. The van der Waals surface area contributed by atoms with Gasteiger partial charge in [-0.3, -0.25) is 4.79 Å². The first-order chi connectivity index (χ1) is 32.9. The van der Waals surface area contributed by atoms with Gasteiger partial charge in [0.25, 0.3) is 16.6 Å². The van der Waals surface area contributed by atoms with Gasteiger partial charge in [-0.05, 0) is 60.7 Å². The van der Waals surface area contributed by atoms with Crippen LogP contribution in [0.15, 0.2) is 170 Å². The van der Waals surface area contributed by atoms with Gasteiger partial charge in [-0.25, -0.2) is 0 Å². The number of hydrogen-bond donors (Lipinski definition) is 0. The number of carbonyl (C=O) groups excluding carboxylic acids is 1. The summed E-state index contributed by atoms with van der Waals surface area (Å²) in [6.07, 6.45) is 4.86. The number of thiophene rings is 1. The molecule has 10 heteroatoms. The zero-order chi connectivity index (χ0) is 47.6. The second kappa shape index (κ2) is 21.5. The molecule has 1 aliphatic heterocycles. The van der Waals surface area contributed by atoms with Gasteiger partial charge in [-0.15, -0.1) is 11.3 Å². The Hall–Kier alpha value is -6.02. The number of fused-ring (bicyclic) bond motifs is 1. The minimum atomic E-state index is -2.84. The second-order valence-electron chi connectivity index (χ2n) is 19.1. The van der Waals surface area contributed by atoms with Crippen LogP contribution in [-0.4, -0.2) is 62.4 Å². The minimum Gasteiger partial charge on any atom is -0.488 e. The van der Waals surface area contributed by atoms with Crippen LogP contribution in [0.3, 0.4) is 0 Å². The Labute approximate surface area is 409 Å². The first-order valence-electron chi connectivity index (χ1n) is 23.6. The topological polar surface area (TPSA) is 66.5 Å². The van der Waals surface area contributed by atoms with Gasteiger partial charge in [0.05, 0.1) is 18.1 Å². The second-order valence-corrected chi connectivity index (χ2v) is 28.8. The fourth-order valence-corrected chi connectivity index (χ4v) is 19.6. The molecule has 0 saturated carbocycles. The normalized spacial score (nSPS) is 13.1. The summed E-state index contributed by atoms with van der Waals surface area (Å²) in [6.45, 7) is 17.3. The van der Waals surface area contributed by atoms with E-state index in [9.17, 15) is 4.79 Å². The van der Waals surface area contributed by atoms with E-state index >= 15 is 0 Å². The highest BCUT2D eigenvalue weighted by Gasteiger charge is 2.51. The van der Waals surface area contributed by atoms with E-state index in [4.69, 9.17) is 23.1 Å². The van der Waals surface area contributed by atoms with E-state index < -0.39 is 16.6 Å². The zero-order valence-corrected chi connectivity index (χ0v) is 43.0. The van der Waals surface area contributed by atoms with Gasteiger partial charge >= 0.3 is 0 Å². The molecule has 0 saturated heterocycles. The summed E-state index contributed by atoms with van der Waals surface area (Å²) in [5.41, 5.74) is 2.95. The van der Waals surface area contributed by atoms with Crippen LogP contribution in [0, 0.1) is 0 Å². The largest absolute Gasteiger partial charge is 0.488 e. The highest BCUT2D eigenvalue weighted by Crippen LogP contribution is 2.45. The Morgan fingerprint density at radius 2 is 0.985 bits per heavy atom. The maximum atomic E-state index is 12.0. The SMILES string of the molecule is CC(C)(C)[Si](OCCN(CCO[Si](c1ccccc1)(c1ccccc1)C(C)(C)C)c1ccc(C=Cc2sc(C=O)c3c2OCCO3)c(OCc2ccccc2)c1)(c1ccccc1)c1ccccc1. The first-order valence-corrected chi connectivity index (χ1v) is 28.2. The van der Waals surface area contributed by atoms with Crippen LogP contribution in [-0.2, 0) is 15.5 Å². The van der Waals surface area contributed by atoms with Crippen LogP contribution >= 0.6 is 11.3 Å². The standard InChI is InChI=1S/C58H63NO6SSi2/c1-57(2,3)67(48-24-14-8-15-25-48,49-26-16-9-17-27-49)64-38-36-59(37-39-65-68(58(4,5)6,50-28-18-10-19-29-50)51-30-20-11-21-31-51)47-34-32-46(52(42-47)63-44-45-22-12-7-13-23-45)33-35-53-55-56(54(43-60)66-53)62-41-40-61-55/h7-35,42-43H,36-41,44H2,1-6H3. The summed E-state index contributed by atoms with van der Waals surface area (Å²) < 4.78 is 33.7. The molecule has 0 N–H and O–H groups in total. The van der Waals surface area contributed by atoms with Crippen LogP contribution in [0.2, 0.25) is 10.1 Å². The van der Waals surface area contributed by atoms with Crippen molar-refractivity contribution >= 4 is 72.8 Å². The summed E-state index contributed by atoms with van der Waals surface area (Å²) in [4.78, 5) is 15.7. The van der Waals surface area contributed by atoms with Crippen molar-refractivity contribution in [2.45, 2.75) is 58.2 Å². The van der Waals surface area contributed by atoms with E-state index in [0.717, 1.165) is 33.7 Å². The molecule has 2 heterocycles. The maximum Gasteiger partial charge on any atom is 0.261 e. The van der Waals surface area contributed by atoms with Gasteiger partial charge in [0, 0.05) is 30.4 Å². The molecule has 8 rings (SSSR count). The van der Waals surface area contributed by atoms with Crippen molar-refractivity contribution in [3.8, 4) is 17.2 Å². The van der Waals surface area contributed by atoms with E-state index in [1.165, 1.54) is 32.1 Å². The highest BCUT2D eigenvalue weighted by molar-refractivity contribution is 7.15. The molecule has 1 aromatic heterocycles. The van der Waals surface area contributed by atoms with Crippen molar-refractivity contribution in [3.05, 3.63) is 191 Å². The van der Waals surface area contributed by atoms with Crippen LogP contribution in [0.4, 0.5) is 5.69 Å². The van der Waals surface area contributed by atoms with Gasteiger partial charge in [0.1, 0.15) is 30.4 Å². The third-order valence-corrected chi connectivity index (χ3v) is 23.9. The smallest absolute Gasteiger partial charge is 0.261 e. The lowest BCUT2D eigenvalue weighted by Crippen LogP contribution is -2.67. The molecule has 1 aliphatic rings. The zero-order valence-electron chi connectivity index (χ0n) is 40.2. The molecular weight excluding hydrogens is 895 g/mol. The molecule has 0 aliphatic carbocycles. The Morgan fingerprint density at radius 1 is 0.559 bits per heavy atom. The number of anilines is 1. The van der Waals surface area contributed by atoms with Crippen molar-refractivity contribution in [1.29, 1.82) is 0 Å². The lowest BCUT2D eigenvalue weighted by molar-refractivity contribution is 0.111. The lowest BCUT2D eigenvalue weighted by Gasteiger charge is -2.44. The Balaban J connectivity index is 1.18. The van der Waals surface area contributed by atoms with Crippen molar-refractivity contribution in [1.82, 2.24) is 0 Å². The maximum absolute atomic E-state index is 12.0. The number of carbonyl (C=O) groups is 1. The van der Waals surface area contributed by atoms with Crippen LogP contribution in [0.25, 0.3) is 12.2 Å². The molecule has 68 heavy (non-hydrogen) atoms. The first kappa shape index (κ1) is 48.4. The average Bonchev–Trinajstić information content (AvgIpc) is 3.73. The molecule has 350 valence electrons. The lowest BCUT2D eigenvalue weighted by atomic mass is 10.1. The number of rotatable bonds is 19. The van der Waals surface area contributed by atoms with E-state index in [2.05, 4.69) is 198 Å². The molecule has 0 amide bonds. The fourth-order valence-electron chi connectivity index (χ4n) is 9.58. The predicted molar refractivity (Wildman–Crippen MR) is 286 cm³/mol. The number of aldehydes is 1. The van der Waals surface area contributed by atoms with E-state index in [1.54, 1.807) is 0 Å². The number of hydrogen-bond acceptors (Lipinski definition) is 8. The van der Waals surface area contributed by atoms with Crippen LogP contribution < -0.4 is 39.9 Å². The van der Waals surface area contributed by atoms with Crippen molar-refractivity contribution in [2.24, 2.45) is 0 Å². The molecule has 0 bridgehead atoms. The molecule has 0 unspecified atom stereocenters. The van der Waals surface area contributed by atoms with Gasteiger partial charge in [-0.2, -0.15) is 0 Å². The Bertz CT molecular complexity index is 2550. The van der Waals surface area contributed by atoms with Crippen LogP contribution in [0.1, 0.15) is 67.2 Å². The third kappa shape index (κ3) is 10.4. The summed E-state index contributed by atoms with van der Waals surface area (Å²) in [7, 11) is -5.68. The monoisotopic (exact) mass is 957 g/mol. The van der Waals surface area contributed by atoms with Gasteiger partial charge in [-0.1, -0.05) is 193 Å². The summed E-state index contributed by atoms with van der Waals surface area (Å²) in [6, 6.07) is 60.0.